The largest absolute Gasteiger partial charge is 0.472 e. The molecule has 5 heteroatoms. The molecule has 0 atom stereocenters. The van der Waals surface area contributed by atoms with Crippen LogP contribution in [-0.4, -0.2) is 10.8 Å². The number of pyridine rings is 1. The maximum atomic E-state index is 7.64. The molecule has 0 unspecified atom stereocenters. The van der Waals surface area contributed by atoms with Crippen molar-refractivity contribution in [3.8, 4) is 5.88 Å². The lowest BCUT2D eigenvalue weighted by molar-refractivity contribution is 0.292. The molecule has 0 aliphatic rings. The second kappa shape index (κ2) is 5.92. The van der Waals surface area contributed by atoms with Gasteiger partial charge in [0.2, 0.25) is 5.88 Å². The third kappa shape index (κ3) is 3.08. The van der Waals surface area contributed by atoms with E-state index in [9.17, 15) is 0 Å². The number of nitrogens with one attached hydrogen (secondary N) is 1. The van der Waals surface area contributed by atoms with Crippen LogP contribution in [0.1, 0.15) is 22.4 Å². The van der Waals surface area contributed by atoms with Gasteiger partial charge >= 0.3 is 0 Å². The predicted octanol–water partition coefficient (Wildman–Crippen LogP) is 3.21. The fraction of sp³-hybridized carbons (Fsp3) is 0.200. The Hall–Kier alpha value is -2.07. The van der Waals surface area contributed by atoms with Crippen LogP contribution in [0.4, 0.5) is 0 Å². The summed E-state index contributed by atoms with van der Waals surface area (Å²) in [7, 11) is 0. The third-order valence-corrected chi connectivity index (χ3v) is 3.27. The van der Waals surface area contributed by atoms with Crippen LogP contribution in [0.15, 0.2) is 30.3 Å². The Morgan fingerprint density at radius 2 is 2.05 bits per heavy atom. The van der Waals surface area contributed by atoms with E-state index in [0.717, 1.165) is 16.8 Å². The Bertz CT molecular complexity index is 656. The highest BCUT2D eigenvalue weighted by Crippen LogP contribution is 2.23. The van der Waals surface area contributed by atoms with E-state index in [1.54, 1.807) is 6.07 Å². The van der Waals surface area contributed by atoms with Crippen molar-refractivity contribution >= 4 is 17.4 Å². The Labute approximate surface area is 123 Å². The number of benzene rings is 1. The van der Waals surface area contributed by atoms with Crippen LogP contribution in [0.2, 0.25) is 5.02 Å². The third-order valence-electron chi connectivity index (χ3n) is 2.90. The van der Waals surface area contributed by atoms with Crippen LogP contribution >= 0.6 is 11.6 Å². The van der Waals surface area contributed by atoms with Crippen LogP contribution < -0.4 is 10.5 Å². The molecule has 0 radical (unpaired) electrons. The highest BCUT2D eigenvalue weighted by Gasteiger charge is 2.13. The van der Waals surface area contributed by atoms with Gasteiger partial charge in [-0.2, -0.15) is 0 Å². The normalized spacial score (nSPS) is 10.3. The number of aromatic nitrogens is 1. The first-order valence-electron chi connectivity index (χ1n) is 6.18. The molecule has 0 saturated carbocycles. The fourth-order valence-electron chi connectivity index (χ4n) is 2.00. The number of halogens is 1. The van der Waals surface area contributed by atoms with Crippen LogP contribution in [0, 0.1) is 19.3 Å². The number of amidine groups is 1. The van der Waals surface area contributed by atoms with Gasteiger partial charge in [-0.3, -0.25) is 5.41 Å². The van der Waals surface area contributed by atoms with Gasteiger partial charge in [-0.1, -0.05) is 29.8 Å². The lowest BCUT2D eigenvalue weighted by atomic mass is 10.1. The fourth-order valence-corrected chi connectivity index (χ4v) is 2.19. The van der Waals surface area contributed by atoms with Crippen LogP contribution in [-0.2, 0) is 6.61 Å². The first-order valence-corrected chi connectivity index (χ1v) is 6.55. The summed E-state index contributed by atoms with van der Waals surface area (Å²) >= 11 is 6.09. The van der Waals surface area contributed by atoms with Gasteiger partial charge in [0, 0.05) is 16.3 Å². The van der Waals surface area contributed by atoms with Crippen molar-refractivity contribution in [2.45, 2.75) is 20.5 Å². The van der Waals surface area contributed by atoms with E-state index < -0.39 is 0 Å². The molecule has 2 aromatic rings. The molecular weight excluding hydrogens is 274 g/mol. The zero-order valence-electron chi connectivity index (χ0n) is 11.4. The summed E-state index contributed by atoms with van der Waals surface area (Å²) in [4.78, 5) is 4.31. The van der Waals surface area contributed by atoms with Crippen molar-refractivity contribution in [3.05, 3.63) is 57.7 Å². The van der Waals surface area contributed by atoms with Gasteiger partial charge in [-0.05, 0) is 31.5 Å². The van der Waals surface area contributed by atoms with Crippen LogP contribution in [0.5, 0.6) is 5.88 Å². The Morgan fingerprint density at radius 1 is 1.35 bits per heavy atom. The molecule has 0 bridgehead atoms. The number of hydrogen-bond donors (Lipinski definition) is 2. The molecule has 4 nitrogen and oxygen atoms in total. The highest BCUT2D eigenvalue weighted by molar-refractivity contribution is 6.31. The molecule has 0 aliphatic heterocycles. The van der Waals surface area contributed by atoms with Gasteiger partial charge < -0.3 is 10.5 Å². The second-order valence-corrected chi connectivity index (χ2v) is 4.96. The van der Waals surface area contributed by atoms with E-state index in [0.29, 0.717) is 16.5 Å². The van der Waals surface area contributed by atoms with E-state index in [4.69, 9.17) is 27.5 Å². The van der Waals surface area contributed by atoms with Crippen molar-refractivity contribution < 1.29 is 4.74 Å². The van der Waals surface area contributed by atoms with Crippen molar-refractivity contribution in [2.75, 3.05) is 0 Å². The number of nitrogen functional groups attached to an aromatic ring is 1. The zero-order valence-corrected chi connectivity index (χ0v) is 12.2. The Morgan fingerprint density at radius 3 is 2.70 bits per heavy atom. The molecular formula is C15H16ClN3O. The van der Waals surface area contributed by atoms with Gasteiger partial charge in [0.15, 0.2) is 0 Å². The number of hydrogen-bond acceptors (Lipinski definition) is 3. The molecule has 3 N–H and O–H groups in total. The second-order valence-electron chi connectivity index (χ2n) is 4.55. The van der Waals surface area contributed by atoms with E-state index in [2.05, 4.69) is 4.98 Å². The maximum Gasteiger partial charge on any atom is 0.225 e. The molecule has 0 fully saturated rings. The van der Waals surface area contributed by atoms with Crippen molar-refractivity contribution in [3.63, 3.8) is 0 Å². The SMILES string of the molecule is Cc1cc(C)c(C(=N)N)c(OCc2ccccc2Cl)n1. The topological polar surface area (TPSA) is 72.0 Å². The first-order chi connectivity index (χ1) is 9.49. The van der Waals surface area contributed by atoms with Gasteiger partial charge in [0.1, 0.15) is 12.4 Å². The smallest absolute Gasteiger partial charge is 0.225 e. The predicted molar refractivity (Wildman–Crippen MR) is 80.5 cm³/mol. The number of ether oxygens (including phenoxy) is 1. The van der Waals surface area contributed by atoms with Crippen LogP contribution in [0.3, 0.4) is 0 Å². The van der Waals surface area contributed by atoms with Gasteiger partial charge in [-0.15, -0.1) is 0 Å². The average Bonchev–Trinajstić information content (AvgIpc) is 2.36. The first kappa shape index (κ1) is 14.3. The Balaban J connectivity index is 2.30. The molecule has 0 saturated heterocycles. The molecule has 0 spiro atoms. The summed E-state index contributed by atoms with van der Waals surface area (Å²) in [6.07, 6.45) is 0. The van der Waals surface area contributed by atoms with Crippen LogP contribution in [0.25, 0.3) is 0 Å². The lowest BCUT2D eigenvalue weighted by Crippen LogP contribution is -2.16. The van der Waals surface area contributed by atoms with Crippen molar-refractivity contribution in [1.82, 2.24) is 4.98 Å². The lowest BCUT2D eigenvalue weighted by Gasteiger charge is -2.13. The number of nitrogens with two attached hydrogens (primary N) is 1. The monoisotopic (exact) mass is 289 g/mol. The van der Waals surface area contributed by atoms with Gasteiger partial charge in [-0.25, -0.2) is 4.98 Å². The summed E-state index contributed by atoms with van der Waals surface area (Å²) in [6, 6.07) is 9.33. The minimum atomic E-state index is -0.0517. The standard InChI is InChI=1S/C15H16ClN3O/c1-9-7-10(2)19-15(13(9)14(17)18)20-8-11-5-3-4-6-12(11)16/h3-7H,8H2,1-2H3,(H3,17,18). The summed E-state index contributed by atoms with van der Waals surface area (Å²) in [5.41, 5.74) is 8.69. The van der Waals surface area contributed by atoms with Gasteiger partial charge in [0.05, 0.1) is 5.56 Å². The van der Waals surface area contributed by atoms with E-state index in [1.165, 1.54) is 0 Å². The van der Waals surface area contributed by atoms with Gasteiger partial charge in [0.25, 0.3) is 0 Å². The highest BCUT2D eigenvalue weighted by atomic mass is 35.5. The minimum absolute atomic E-state index is 0.0517. The molecule has 0 amide bonds. The molecule has 1 heterocycles. The summed E-state index contributed by atoms with van der Waals surface area (Å²) in [5.74, 6) is 0.319. The molecule has 0 aliphatic carbocycles. The van der Waals surface area contributed by atoms with E-state index >= 15 is 0 Å². The van der Waals surface area contributed by atoms with Crippen molar-refractivity contribution in [2.24, 2.45) is 5.73 Å². The summed E-state index contributed by atoms with van der Waals surface area (Å²) in [5, 5.41) is 8.28. The molecule has 2 rings (SSSR count). The quantitative estimate of drug-likeness (QED) is 0.670. The molecule has 20 heavy (non-hydrogen) atoms. The molecule has 104 valence electrons. The Kier molecular flexibility index (Phi) is 4.25. The zero-order chi connectivity index (χ0) is 14.7. The average molecular weight is 290 g/mol. The molecule has 1 aromatic carbocycles. The number of nitrogens with zero attached hydrogens (tertiary/aromatic N) is 1. The van der Waals surface area contributed by atoms with Crippen molar-refractivity contribution in [1.29, 1.82) is 5.41 Å². The van der Waals surface area contributed by atoms with E-state index in [-0.39, 0.29) is 12.4 Å². The minimum Gasteiger partial charge on any atom is -0.472 e. The summed E-state index contributed by atoms with van der Waals surface area (Å²) in [6.45, 7) is 4.04. The number of rotatable bonds is 4. The van der Waals surface area contributed by atoms with E-state index in [1.807, 2.05) is 38.1 Å². The maximum absolute atomic E-state index is 7.64. The summed E-state index contributed by atoms with van der Waals surface area (Å²) < 4.78 is 5.71. The molecule has 1 aromatic heterocycles. The number of aryl methyl sites for hydroxylation is 2.